The van der Waals surface area contributed by atoms with E-state index in [0.29, 0.717) is 35.0 Å². The number of unbranched alkanes of at least 4 members (excludes halogenated alkanes) is 1. The molecule has 6 heteroatoms. The van der Waals surface area contributed by atoms with Gasteiger partial charge in [0.25, 0.3) is 0 Å². The first kappa shape index (κ1) is 17.0. The normalized spacial score (nSPS) is 12.1. The third-order valence-electron chi connectivity index (χ3n) is 2.79. The topological polar surface area (TPSA) is 72.2 Å². The molecule has 0 radical (unpaired) electrons. The summed E-state index contributed by atoms with van der Waals surface area (Å²) in [4.78, 5) is 11.7. The lowest BCUT2D eigenvalue weighted by Crippen LogP contribution is -2.14. The smallest absolute Gasteiger partial charge is 0.224 e. The van der Waals surface area contributed by atoms with Gasteiger partial charge in [-0.15, -0.1) is 0 Å². The van der Waals surface area contributed by atoms with Crippen molar-refractivity contribution in [3.05, 3.63) is 23.2 Å². The second-order valence-corrected chi connectivity index (χ2v) is 6.72. The van der Waals surface area contributed by atoms with E-state index in [1.165, 1.54) is 0 Å². The van der Waals surface area contributed by atoms with E-state index in [1.54, 1.807) is 18.2 Å². The monoisotopic (exact) mass is 316 g/mol. The average molecular weight is 317 g/mol. The van der Waals surface area contributed by atoms with Crippen molar-refractivity contribution >= 4 is 39.7 Å². The maximum atomic E-state index is 11.7. The molecule has 1 amide bonds. The first-order valence-electron chi connectivity index (χ1n) is 6.72. The Hall–Kier alpha value is -1.07. The molecule has 1 rings (SSSR count). The van der Waals surface area contributed by atoms with Gasteiger partial charge in [-0.2, -0.15) is 0 Å². The maximum absolute atomic E-state index is 11.7. The molecule has 1 atom stereocenters. The van der Waals surface area contributed by atoms with E-state index in [-0.39, 0.29) is 5.91 Å². The molecule has 3 N–H and O–H groups in total. The molecular formula is C14H21ClN2O2S. The standard InChI is InChI=1S/C14H21ClN2O2S/c1-2-3-8-20(19)9-4-5-14(18)17-13-7-6-11(15)10-12(13)16/h6-7,10H,2-5,8-9,16H2,1H3,(H,17,18). The summed E-state index contributed by atoms with van der Waals surface area (Å²) in [6.45, 7) is 2.07. The van der Waals surface area contributed by atoms with E-state index in [0.717, 1.165) is 18.6 Å². The number of nitrogens with one attached hydrogen (secondary N) is 1. The lowest BCUT2D eigenvalue weighted by Gasteiger charge is -2.08. The van der Waals surface area contributed by atoms with Crippen molar-refractivity contribution in [3.63, 3.8) is 0 Å². The number of hydrogen-bond acceptors (Lipinski definition) is 3. The van der Waals surface area contributed by atoms with Gasteiger partial charge in [-0.1, -0.05) is 24.9 Å². The van der Waals surface area contributed by atoms with Gasteiger partial charge in [0.15, 0.2) is 0 Å². The third kappa shape index (κ3) is 6.39. The molecule has 0 aliphatic rings. The molecule has 0 fully saturated rings. The van der Waals surface area contributed by atoms with Crippen LogP contribution in [-0.2, 0) is 15.6 Å². The fourth-order valence-electron chi connectivity index (χ4n) is 1.66. The molecule has 0 aromatic heterocycles. The summed E-state index contributed by atoms with van der Waals surface area (Å²) < 4.78 is 11.6. The van der Waals surface area contributed by atoms with Crippen molar-refractivity contribution in [2.75, 3.05) is 22.6 Å². The van der Waals surface area contributed by atoms with Crippen LogP contribution in [-0.4, -0.2) is 21.6 Å². The maximum Gasteiger partial charge on any atom is 0.224 e. The minimum absolute atomic E-state index is 0.119. The van der Waals surface area contributed by atoms with E-state index in [4.69, 9.17) is 17.3 Å². The first-order chi connectivity index (χ1) is 9.52. The van der Waals surface area contributed by atoms with Crippen LogP contribution < -0.4 is 11.1 Å². The molecule has 0 saturated heterocycles. The fraction of sp³-hybridized carbons (Fsp3) is 0.500. The Kier molecular flexibility index (Phi) is 7.62. The fourth-order valence-corrected chi connectivity index (χ4v) is 3.12. The highest BCUT2D eigenvalue weighted by Gasteiger charge is 2.07. The van der Waals surface area contributed by atoms with Crippen molar-refractivity contribution in [2.24, 2.45) is 0 Å². The molecule has 0 spiro atoms. The van der Waals surface area contributed by atoms with E-state index < -0.39 is 10.8 Å². The quantitative estimate of drug-likeness (QED) is 0.723. The van der Waals surface area contributed by atoms with Crippen molar-refractivity contribution in [1.29, 1.82) is 0 Å². The number of rotatable bonds is 8. The second-order valence-electron chi connectivity index (χ2n) is 4.58. The van der Waals surface area contributed by atoms with Gasteiger partial charge < -0.3 is 11.1 Å². The Bertz CT molecular complexity index is 480. The Balaban J connectivity index is 2.31. The number of nitrogens with two attached hydrogens (primary N) is 1. The number of hydrogen-bond donors (Lipinski definition) is 2. The molecule has 0 saturated carbocycles. The molecule has 0 heterocycles. The van der Waals surface area contributed by atoms with Gasteiger partial charge >= 0.3 is 0 Å². The minimum Gasteiger partial charge on any atom is -0.397 e. The summed E-state index contributed by atoms with van der Waals surface area (Å²) in [7, 11) is -0.812. The van der Waals surface area contributed by atoms with Crippen LogP contribution in [0.5, 0.6) is 0 Å². The number of benzene rings is 1. The largest absolute Gasteiger partial charge is 0.397 e. The Morgan fingerprint density at radius 3 is 2.70 bits per heavy atom. The number of amides is 1. The number of nitrogen functional groups attached to an aromatic ring is 1. The van der Waals surface area contributed by atoms with Crippen LogP contribution in [0.15, 0.2) is 18.2 Å². The SMILES string of the molecule is CCCCS(=O)CCCC(=O)Nc1ccc(Cl)cc1N. The van der Waals surface area contributed by atoms with Crippen LogP contribution in [0, 0.1) is 0 Å². The summed E-state index contributed by atoms with van der Waals surface area (Å²) >= 11 is 5.79. The minimum atomic E-state index is -0.812. The lowest BCUT2D eigenvalue weighted by molar-refractivity contribution is -0.116. The highest BCUT2D eigenvalue weighted by Crippen LogP contribution is 2.22. The summed E-state index contributed by atoms with van der Waals surface area (Å²) in [6.07, 6.45) is 2.98. The molecule has 112 valence electrons. The van der Waals surface area contributed by atoms with E-state index >= 15 is 0 Å². The predicted octanol–water partition coefficient (Wildman–Crippen LogP) is 3.19. The van der Waals surface area contributed by atoms with Crippen LogP contribution in [0.2, 0.25) is 5.02 Å². The van der Waals surface area contributed by atoms with E-state index in [9.17, 15) is 9.00 Å². The van der Waals surface area contributed by atoms with Crippen molar-refractivity contribution in [2.45, 2.75) is 32.6 Å². The van der Waals surface area contributed by atoms with Gasteiger partial charge in [0.1, 0.15) is 0 Å². The molecule has 20 heavy (non-hydrogen) atoms. The predicted molar refractivity (Wildman–Crippen MR) is 86.5 cm³/mol. The summed E-state index contributed by atoms with van der Waals surface area (Å²) in [5, 5.41) is 3.27. The highest BCUT2D eigenvalue weighted by atomic mass is 35.5. The number of halogens is 1. The number of carbonyl (C=O) groups is 1. The highest BCUT2D eigenvalue weighted by molar-refractivity contribution is 7.84. The number of carbonyl (C=O) groups excluding carboxylic acids is 1. The molecular weight excluding hydrogens is 296 g/mol. The van der Waals surface area contributed by atoms with Crippen LogP contribution >= 0.6 is 11.6 Å². The van der Waals surface area contributed by atoms with Gasteiger partial charge in [0.05, 0.1) is 11.4 Å². The molecule has 1 unspecified atom stereocenters. The van der Waals surface area contributed by atoms with Gasteiger partial charge in [-0.25, -0.2) is 0 Å². The molecule has 0 aliphatic carbocycles. The van der Waals surface area contributed by atoms with Crippen molar-refractivity contribution in [3.8, 4) is 0 Å². The zero-order valence-electron chi connectivity index (χ0n) is 11.7. The second kappa shape index (κ2) is 8.97. The molecule has 4 nitrogen and oxygen atoms in total. The van der Waals surface area contributed by atoms with Gasteiger partial charge in [0, 0.05) is 33.7 Å². The molecule has 1 aromatic carbocycles. The van der Waals surface area contributed by atoms with Crippen molar-refractivity contribution in [1.82, 2.24) is 0 Å². The third-order valence-corrected chi connectivity index (χ3v) is 4.51. The summed E-state index contributed by atoms with van der Waals surface area (Å²) in [5.74, 6) is 1.18. The lowest BCUT2D eigenvalue weighted by atomic mass is 10.2. The summed E-state index contributed by atoms with van der Waals surface area (Å²) in [6, 6.07) is 4.94. The van der Waals surface area contributed by atoms with Gasteiger partial charge in [-0.05, 0) is 31.0 Å². The van der Waals surface area contributed by atoms with Crippen LogP contribution in [0.1, 0.15) is 32.6 Å². The van der Waals surface area contributed by atoms with Crippen LogP contribution in [0.25, 0.3) is 0 Å². The van der Waals surface area contributed by atoms with E-state index in [1.807, 2.05) is 0 Å². The Labute approximate surface area is 127 Å². The molecule has 0 bridgehead atoms. The molecule has 1 aromatic rings. The van der Waals surface area contributed by atoms with Gasteiger partial charge in [-0.3, -0.25) is 9.00 Å². The first-order valence-corrected chi connectivity index (χ1v) is 8.59. The zero-order chi connectivity index (χ0) is 15.0. The Morgan fingerprint density at radius 2 is 2.05 bits per heavy atom. The van der Waals surface area contributed by atoms with Crippen molar-refractivity contribution < 1.29 is 9.00 Å². The van der Waals surface area contributed by atoms with Crippen LogP contribution in [0.4, 0.5) is 11.4 Å². The Morgan fingerprint density at radius 1 is 1.35 bits per heavy atom. The number of anilines is 2. The average Bonchev–Trinajstić information content (AvgIpc) is 2.39. The van der Waals surface area contributed by atoms with Crippen LogP contribution in [0.3, 0.4) is 0 Å². The zero-order valence-corrected chi connectivity index (χ0v) is 13.2. The molecule has 0 aliphatic heterocycles. The van der Waals surface area contributed by atoms with Gasteiger partial charge in [0.2, 0.25) is 5.91 Å². The summed E-state index contributed by atoms with van der Waals surface area (Å²) in [5.41, 5.74) is 6.76. The van der Waals surface area contributed by atoms with E-state index in [2.05, 4.69) is 12.2 Å².